The quantitative estimate of drug-likeness (QED) is 0.565. The molecule has 120 valence electrons. The summed E-state index contributed by atoms with van der Waals surface area (Å²) < 4.78 is 40.5. The average Bonchev–Trinajstić information content (AvgIpc) is 2.43. The van der Waals surface area contributed by atoms with Gasteiger partial charge in [0, 0.05) is 17.8 Å². The van der Waals surface area contributed by atoms with Gasteiger partial charge in [0.05, 0.1) is 4.90 Å². The Morgan fingerprint density at radius 2 is 1.90 bits per heavy atom. The van der Waals surface area contributed by atoms with E-state index in [1.165, 1.54) is 13.0 Å². The van der Waals surface area contributed by atoms with Crippen LogP contribution in [-0.4, -0.2) is 39.5 Å². The molecule has 0 aliphatic heterocycles. The predicted molar refractivity (Wildman–Crippen MR) is 83.1 cm³/mol. The molecule has 3 N–H and O–H groups in total. The Labute approximate surface area is 126 Å². The summed E-state index contributed by atoms with van der Waals surface area (Å²) in [5, 5.41) is 0. The molecule has 0 fully saturated rings. The zero-order valence-corrected chi connectivity index (χ0v) is 13.6. The van der Waals surface area contributed by atoms with Gasteiger partial charge in [0.1, 0.15) is 5.82 Å². The van der Waals surface area contributed by atoms with Crippen molar-refractivity contribution in [2.75, 3.05) is 31.9 Å². The molecule has 0 saturated carbocycles. The summed E-state index contributed by atoms with van der Waals surface area (Å²) in [6.45, 7) is 8.55. The molecule has 0 bridgehead atoms. The first-order valence-electron chi connectivity index (χ1n) is 7.09. The van der Waals surface area contributed by atoms with Crippen molar-refractivity contribution in [1.29, 1.82) is 0 Å². The van der Waals surface area contributed by atoms with E-state index in [0.29, 0.717) is 13.0 Å². The van der Waals surface area contributed by atoms with Crippen molar-refractivity contribution >= 4 is 15.7 Å². The van der Waals surface area contributed by atoms with E-state index < -0.39 is 15.8 Å². The highest BCUT2D eigenvalue weighted by Gasteiger charge is 2.19. The number of nitrogens with zero attached hydrogens (tertiary/aromatic N) is 1. The number of hydrogen-bond acceptors (Lipinski definition) is 4. The minimum absolute atomic E-state index is 0.0837. The Balaban J connectivity index is 2.71. The number of halogens is 1. The lowest BCUT2D eigenvalue weighted by atomic mass is 10.2. The molecule has 0 aliphatic rings. The summed E-state index contributed by atoms with van der Waals surface area (Å²) in [7, 11) is -3.74. The van der Waals surface area contributed by atoms with Gasteiger partial charge >= 0.3 is 0 Å². The van der Waals surface area contributed by atoms with Gasteiger partial charge in [-0.25, -0.2) is 17.5 Å². The highest BCUT2D eigenvalue weighted by molar-refractivity contribution is 7.89. The molecule has 1 aromatic rings. The average molecular weight is 317 g/mol. The monoisotopic (exact) mass is 317 g/mol. The van der Waals surface area contributed by atoms with Crippen molar-refractivity contribution in [2.45, 2.75) is 32.1 Å². The number of benzene rings is 1. The third-order valence-electron chi connectivity index (χ3n) is 3.45. The summed E-state index contributed by atoms with van der Waals surface area (Å²) in [5.41, 5.74) is 5.70. The molecule has 0 unspecified atom stereocenters. The van der Waals surface area contributed by atoms with Crippen LogP contribution in [0, 0.1) is 12.7 Å². The smallest absolute Gasteiger partial charge is 0.241 e. The highest BCUT2D eigenvalue weighted by Crippen LogP contribution is 2.21. The van der Waals surface area contributed by atoms with Crippen LogP contribution in [0.15, 0.2) is 17.0 Å². The van der Waals surface area contributed by atoms with Crippen LogP contribution in [0.5, 0.6) is 0 Å². The van der Waals surface area contributed by atoms with E-state index in [4.69, 9.17) is 5.73 Å². The van der Waals surface area contributed by atoms with Gasteiger partial charge in [-0.15, -0.1) is 0 Å². The van der Waals surface area contributed by atoms with Crippen LogP contribution in [-0.2, 0) is 10.0 Å². The van der Waals surface area contributed by atoms with Gasteiger partial charge < -0.3 is 10.6 Å². The van der Waals surface area contributed by atoms with E-state index in [1.807, 2.05) is 0 Å². The molecule has 0 saturated heterocycles. The summed E-state index contributed by atoms with van der Waals surface area (Å²) in [6, 6.07) is 2.40. The largest absolute Gasteiger partial charge is 0.399 e. The molecule has 0 heterocycles. The van der Waals surface area contributed by atoms with Crippen LogP contribution in [0.2, 0.25) is 0 Å². The molecule has 0 amide bonds. The van der Waals surface area contributed by atoms with Gasteiger partial charge in [0.15, 0.2) is 0 Å². The third kappa shape index (κ3) is 4.94. The van der Waals surface area contributed by atoms with Crippen LogP contribution in [0.1, 0.15) is 25.8 Å². The van der Waals surface area contributed by atoms with E-state index >= 15 is 0 Å². The maximum Gasteiger partial charge on any atom is 0.241 e. The van der Waals surface area contributed by atoms with Gasteiger partial charge in [0.2, 0.25) is 10.0 Å². The molecule has 5 nitrogen and oxygen atoms in total. The van der Waals surface area contributed by atoms with Gasteiger partial charge in [-0.2, -0.15) is 0 Å². The van der Waals surface area contributed by atoms with Gasteiger partial charge in [-0.3, -0.25) is 0 Å². The lowest BCUT2D eigenvalue weighted by molar-refractivity contribution is 0.300. The Morgan fingerprint density at radius 3 is 2.48 bits per heavy atom. The standard InChI is InChI=1S/C14H24FN3O2S/c1-4-18(5-2)8-6-7-17-21(19,20)14-10-12(16)9-13(15)11(14)3/h9-10,17H,4-8,16H2,1-3H3. The van der Waals surface area contributed by atoms with E-state index in [-0.39, 0.29) is 16.1 Å². The lowest BCUT2D eigenvalue weighted by Crippen LogP contribution is -2.30. The van der Waals surface area contributed by atoms with Crippen molar-refractivity contribution in [2.24, 2.45) is 0 Å². The van der Waals surface area contributed by atoms with Gasteiger partial charge in [-0.05, 0) is 45.1 Å². The number of sulfonamides is 1. The van der Waals surface area contributed by atoms with E-state index in [9.17, 15) is 12.8 Å². The number of nitrogen functional groups attached to an aromatic ring is 1. The highest BCUT2D eigenvalue weighted by atomic mass is 32.2. The first-order valence-corrected chi connectivity index (χ1v) is 8.57. The van der Waals surface area contributed by atoms with Crippen LogP contribution in [0.25, 0.3) is 0 Å². The van der Waals surface area contributed by atoms with Crippen molar-refractivity contribution in [1.82, 2.24) is 9.62 Å². The summed E-state index contributed by atoms with van der Waals surface area (Å²) in [6.07, 6.45) is 0.699. The molecule has 0 atom stereocenters. The second-order valence-corrected chi connectivity index (χ2v) is 6.64. The van der Waals surface area contributed by atoms with Crippen molar-refractivity contribution < 1.29 is 12.8 Å². The summed E-state index contributed by atoms with van der Waals surface area (Å²) in [5.74, 6) is -0.612. The minimum Gasteiger partial charge on any atom is -0.399 e. The number of hydrogen-bond donors (Lipinski definition) is 2. The molecule has 0 aliphatic carbocycles. The Morgan fingerprint density at radius 1 is 1.29 bits per heavy atom. The lowest BCUT2D eigenvalue weighted by Gasteiger charge is -2.18. The molecule has 0 aromatic heterocycles. The Hall–Kier alpha value is -1.18. The molecule has 0 radical (unpaired) electrons. The zero-order chi connectivity index (χ0) is 16.0. The third-order valence-corrected chi connectivity index (χ3v) is 5.03. The van der Waals surface area contributed by atoms with Crippen molar-refractivity contribution in [3.63, 3.8) is 0 Å². The molecule has 21 heavy (non-hydrogen) atoms. The molecular formula is C14H24FN3O2S. The molecule has 1 aromatic carbocycles. The predicted octanol–water partition coefficient (Wildman–Crippen LogP) is 1.73. The first-order chi connectivity index (χ1) is 9.81. The molecule has 1 rings (SSSR count). The fourth-order valence-electron chi connectivity index (χ4n) is 2.08. The van der Waals surface area contributed by atoms with Crippen molar-refractivity contribution in [3.05, 3.63) is 23.5 Å². The SMILES string of the molecule is CCN(CC)CCCNS(=O)(=O)c1cc(N)cc(F)c1C. The van der Waals surface area contributed by atoms with Crippen LogP contribution in [0.3, 0.4) is 0 Å². The maximum atomic E-state index is 13.6. The second-order valence-electron chi connectivity index (χ2n) is 4.90. The fraction of sp³-hybridized carbons (Fsp3) is 0.571. The molecular weight excluding hydrogens is 293 g/mol. The number of nitrogens with two attached hydrogens (primary N) is 1. The number of anilines is 1. The van der Waals surface area contributed by atoms with Gasteiger partial charge in [0.25, 0.3) is 0 Å². The second kappa shape index (κ2) is 7.72. The van der Waals surface area contributed by atoms with Crippen LogP contribution in [0.4, 0.5) is 10.1 Å². The normalized spacial score (nSPS) is 12.0. The Kier molecular flexibility index (Phi) is 6.57. The number of rotatable bonds is 8. The number of nitrogens with one attached hydrogen (secondary N) is 1. The Bertz CT molecular complexity index is 572. The zero-order valence-electron chi connectivity index (χ0n) is 12.8. The summed E-state index contributed by atoms with van der Waals surface area (Å²) in [4.78, 5) is 2.11. The maximum absolute atomic E-state index is 13.6. The fourth-order valence-corrected chi connectivity index (χ4v) is 3.44. The van der Waals surface area contributed by atoms with E-state index in [2.05, 4.69) is 23.5 Å². The van der Waals surface area contributed by atoms with Crippen LogP contribution < -0.4 is 10.5 Å². The van der Waals surface area contributed by atoms with Crippen LogP contribution >= 0.6 is 0 Å². The van der Waals surface area contributed by atoms with Crippen molar-refractivity contribution in [3.8, 4) is 0 Å². The topological polar surface area (TPSA) is 75.4 Å². The van der Waals surface area contributed by atoms with E-state index in [1.54, 1.807) is 0 Å². The molecule has 0 spiro atoms. The van der Waals surface area contributed by atoms with Gasteiger partial charge in [-0.1, -0.05) is 13.8 Å². The molecule has 7 heteroatoms. The minimum atomic E-state index is -3.74. The summed E-state index contributed by atoms with van der Waals surface area (Å²) >= 11 is 0. The van der Waals surface area contributed by atoms with E-state index in [0.717, 1.165) is 25.7 Å². The first kappa shape index (κ1) is 17.9.